The number of nitrogens with one attached hydrogen (secondary N) is 1. The number of carbonyl (C=O) groups is 1. The van der Waals surface area contributed by atoms with Crippen molar-refractivity contribution >= 4 is 27.3 Å². The van der Waals surface area contributed by atoms with E-state index in [1.54, 1.807) is 11.3 Å². The molecule has 0 bridgehead atoms. The van der Waals surface area contributed by atoms with Crippen LogP contribution in [0.3, 0.4) is 0 Å². The number of hydrogen-bond donors (Lipinski definition) is 1. The SMILES string of the molecule is Cc1ccsc1CNC(=O)C1CCCN(S(C)(=O)=O)C1. The van der Waals surface area contributed by atoms with Crippen LogP contribution < -0.4 is 5.32 Å². The molecule has 1 aliphatic heterocycles. The summed E-state index contributed by atoms with van der Waals surface area (Å²) in [6.45, 7) is 3.36. The van der Waals surface area contributed by atoms with Crippen LogP contribution in [-0.2, 0) is 21.4 Å². The minimum Gasteiger partial charge on any atom is -0.351 e. The van der Waals surface area contributed by atoms with Gasteiger partial charge in [0.15, 0.2) is 0 Å². The summed E-state index contributed by atoms with van der Waals surface area (Å²) in [7, 11) is -3.20. The Bertz CT molecular complexity index is 580. The van der Waals surface area contributed by atoms with Crippen LogP contribution in [-0.4, -0.2) is 38.0 Å². The molecule has 0 aromatic carbocycles. The molecule has 2 rings (SSSR count). The Balaban J connectivity index is 1.91. The molecule has 1 aromatic heterocycles. The van der Waals surface area contributed by atoms with Gasteiger partial charge in [-0.25, -0.2) is 12.7 Å². The summed E-state index contributed by atoms with van der Waals surface area (Å²) in [5, 5.41) is 4.92. The van der Waals surface area contributed by atoms with E-state index in [0.29, 0.717) is 19.6 Å². The molecule has 2 heterocycles. The second kappa shape index (κ2) is 6.24. The highest BCUT2D eigenvalue weighted by Crippen LogP contribution is 2.20. The number of thiophene rings is 1. The quantitative estimate of drug-likeness (QED) is 0.911. The molecule has 112 valence electrons. The van der Waals surface area contributed by atoms with E-state index in [-0.39, 0.29) is 11.8 Å². The summed E-state index contributed by atoms with van der Waals surface area (Å²) in [5.41, 5.74) is 1.18. The van der Waals surface area contributed by atoms with E-state index in [4.69, 9.17) is 0 Å². The average Bonchev–Trinajstić information content (AvgIpc) is 2.81. The van der Waals surface area contributed by atoms with Crippen molar-refractivity contribution in [2.45, 2.75) is 26.3 Å². The molecule has 1 atom stereocenters. The van der Waals surface area contributed by atoms with Crippen molar-refractivity contribution in [1.82, 2.24) is 9.62 Å². The summed E-state index contributed by atoms with van der Waals surface area (Å²) in [6.07, 6.45) is 2.69. The van der Waals surface area contributed by atoms with Gasteiger partial charge in [-0.2, -0.15) is 0 Å². The van der Waals surface area contributed by atoms with Crippen molar-refractivity contribution in [3.8, 4) is 0 Å². The van der Waals surface area contributed by atoms with Crippen LogP contribution in [0, 0.1) is 12.8 Å². The van der Waals surface area contributed by atoms with Gasteiger partial charge < -0.3 is 5.32 Å². The maximum absolute atomic E-state index is 12.1. The predicted octanol–water partition coefficient (Wildman–Crippen LogP) is 1.34. The van der Waals surface area contributed by atoms with E-state index < -0.39 is 10.0 Å². The van der Waals surface area contributed by atoms with Crippen molar-refractivity contribution in [3.63, 3.8) is 0 Å². The maximum Gasteiger partial charge on any atom is 0.224 e. The smallest absolute Gasteiger partial charge is 0.224 e. The van der Waals surface area contributed by atoms with Gasteiger partial charge in [0.25, 0.3) is 0 Å². The number of rotatable bonds is 4. The summed E-state index contributed by atoms with van der Waals surface area (Å²) in [4.78, 5) is 13.3. The summed E-state index contributed by atoms with van der Waals surface area (Å²) < 4.78 is 24.5. The molecule has 1 aliphatic rings. The van der Waals surface area contributed by atoms with Gasteiger partial charge in [0, 0.05) is 18.0 Å². The van der Waals surface area contributed by atoms with Gasteiger partial charge >= 0.3 is 0 Å². The monoisotopic (exact) mass is 316 g/mol. The molecule has 20 heavy (non-hydrogen) atoms. The molecule has 1 unspecified atom stereocenters. The van der Waals surface area contributed by atoms with E-state index >= 15 is 0 Å². The Labute approximate surface area is 124 Å². The fourth-order valence-electron chi connectivity index (χ4n) is 2.35. The zero-order valence-electron chi connectivity index (χ0n) is 11.8. The van der Waals surface area contributed by atoms with Crippen LogP contribution in [0.15, 0.2) is 11.4 Å². The zero-order valence-corrected chi connectivity index (χ0v) is 13.4. The largest absolute Gasteiger partial charge is 0.351 e. The minimum atomic E-state index is -3.20. The van der Waals surface area contributed by atoms with E-state index in [0.717, 1.165) is 17.7 Å². The molecular formula is C13H20N2O3S2. The highest BCUT2D eigenvalue weighted by Gasteiger charge is 2.29. The van der Waals surface area contributed by atoms with Crippen LogP contribution in [0.4, 0.5) is 0 Å². The number of carbonyl (C=O) groups excluding carboxylic acids is 1. The second-order valence-electron chi connectivity index (χ2n) is 5.20. The lowest BCUT2D eigenvalue weighted by Crippen LogP contribution is -2.44. The number of amides is 1. The van der Waals surface area contributed by atoms with Gasteiger partial charge in [-0.1, -0.05) is 0 Å². The molecule has 5 nitrogen and oxygen atoms in total. The predicted molar refractivity (Wildman–Crippen MR) is 80.0 cm³/mol. The fraction of sp³-hybridized carbons (Fsp3) is 0.615. The van der Waals surface area contributed by atoms with Crippen LogP contribution >= 0.6 is 11.3 Å². The number of hydrogen-bond acceptors (Lipinski definition) is 4. The van der Waals surface area contributed by atoms with Crippen LogP contribution in [0.5, 0.6) is 0 Å². The van der Waals surface area contributed by atoms with Crippen molar-refractivity contribution in [1.29, 1.82) is 0 Å². The van der Waals surface area contributed by atoms with Gasteiger partial charge in [-0.15, -0.1) is 11.3 Å². The molecule has 1 amide bonds. The molecule has 0 saturated carbocycles. The Morgan fingerprint density at radius 2 is 2.30 bits per heavy atom. The first-order valence-corrected chi connectivity index (χ1v) is 9.36. The van der Waals surface area contributed by atoms with Gasteiger partial charge in [-0.05, 0) is 36.8 Å². The van der Waals surface area contributed by atoms with Crippen LogP contribution in [0.25, 0.3) is 0 Å². The fourth-order valence-corrected chi connectivity index (χ4v) is 4.11. The van der Waals surface area contributed by atoms with Gasteiger partial charge in [0.1, 0.15) is 0 Å². The van der Waals surface area contributed by atoms with Crippen molar-refractivity contribution in [2.24, 2.45) is 5.92 Å². The molecule has 1 N–H and O–H groups in total. The first kappa shape index (κ1) is 15.5. The third kappa shape index (κ3) is 3.80. The first-order chi connectivity index (χ1) is 9.38. The van der Waals surface area contributed by atoms with Crippen molar-refractivity contribution < 1.29 is 13.2 Å². The zero-order chi connectivity index (χ0) is 14.8. The van der Waals surface area contributed by atoms with Crippen molar-refractivity contribution in [3.05, 3.63) is 21.9 Å². The van der Waals surface area contributed by atoms with E-state index in [2.05, 4.69) is 5.32 Å². The van der Waals surface area contributed by atoms with E-state index in [1.165, 1.54) is 16.1 Å². The Hall–Kier alpha value is -0.920. The van der Waals surface area contributed by atoms with Crippen molar-refractivity contribution in [2.75, 3.05) is 19.3 Å². The van der Waals surface area contributed by atoms with Crippen LogP contribution in [0.1, 0.15) is 23.3 Å². The summed E-state index contributed by atoms with van der Waals surface area (Å²) in [6, 6.07) is 2.03. The molecule has 0 spiro atoms. The molecule has 7 heteroatoms. The van der Waals surface area contributed by atoms with E-state index in [9.17, 15) is 13.2 Å². The Morgan fingerprint density at radius 3 is 2.90 bits per heavy atom. The lowest BCUT2D eigenvalue weighted by molar-refractivity contribution is -0.126. The van der Waals surface area contributed by atoms with Crippen LogP contribution in [0.2, 0.25) is 0 Å². The molecular weight excluding hydrogens is 296 g/mol. The van der Waals surface area contributed by atoms with Gasteiger partial charge in [-0.3, -0.25) is 4.79 Å². The topological polar surface area (TPSA) is 66.5 Å². The average molecular weight is 316 g/mol. The third-order valence-corrected chi connectivity index (χ3v) is 5.91. The molecule has 0 aliphatic carbocycles. The first-order valence-electron chi connectivity index (χ1n) is 6.63. The van der Waals surface area contributed by atoms with Gasteiger partial charge in [0.2, 0.25) is 15.9 Å². The lowest BCUT2D eigenvalue weighted by atomic mass is 9.99. The highest BCUT2D eigenvalue weighted by atomic mass is 32.2. The Morgan fingerprint density at radius 1 is 1.55 bits per heavy atom. The highest BCUT2D eigenvalue weighted by molar-refractivity contribution is 7.88. The lowest BCUT2D eigenvalue weighted by Gasteiger charge is -2.30. The molecule has 0 radical (unpaired) electrons. The summed E-state index contributed by atoms with van der Waals surface area (Å²) >= 11 is 1.62. The molecule has 1 aromatic rings. The molecule has 1 saturated heterocycles. The standard InChI is InChI=1S/C13H20N2O3S2/c1-10-5-7-19-12(10)8-14-13(16)11-4-3-6-15(9-11)20(2,17)18/h5,7,11H,3-4,6,8-9H2,1-2H3,(H,14,16). The number of aryl methyl sites for hydroxylation is 1. The normalized spacial score (nSPS) is 20.8. The maximum atomic E-state index is 12.1. The number of piperidine rings is 1. The minimum absolute atomic E-state index is 0.0499. The van der Waals surface area contributed by atoms with E-state index in [1.807, 2.05) is 18.4 Å². The summed E-state index contributed by atoms with van der Waals surface area (Å²) in [5.74, 6) is -0.287. The number of sulfonamides is 1. The second-order valence-corrected chi connectivity index (χ2v) is 8.19. The number of nitrogens with zero attached hydrogens (tertiary/aromatic N) is 1. The third-order valence-electron chi connectivity index (χ3n) is 3.62. The molecule has 1 fully saturated rings. The van der Waals surface area contributed by atoms with Gasteiger partial charge in [0.05, 0.1) is 18.7 Å². The Kier molecular flexibility index (Phi) is 4.82.